The Morgan fingerprint density at radius 1 is 1.56 bits per heavy atom. The standard InChI is InChI=1S/C13H16O3/c1-2-6-15-11-3-4-13-12(8-11)10(9-14)5-7-16-13/h3-4,8-10H,2,5-7H2,1H3. The molecule has 1 aliphatic rings. The molecular weight excluding hydrogens is 204 g/mol. The van der Waals surface area contributed by atoms with Crippen LogP contribution in [-0.4, -0.2) is 19.5 Å². The molecule has 2 rings (SSSR count). The topological polar surface area (TPSA) is 35.5 Å². The number of fused-ring (bicyclic) bond motifs is 1. The number of hydrogen-bond acceptors (Lipinski definition) is 3. The molecule has 0 N–H and O–H groups in total. The van der Waals surface area contributed by atoms with E-state index in [0.29, 0.717) is 13.2 Å². The van der Waals surface area contributed by atoms with Crippen LogP contribution in [0.4, 0.5) is 0 Å². The van der Waals surface area contributed by atoms with Gasteiger partial charge < -0.3 is 14.3 Å². The summed E-state index contributed by atoms with van der Waals surface area (Å²) >= 11 is 0. The number of carbonyl (C=O) groups is 1. The average molecular weight is 220 g/mol. The summed E-state index contributed by atoms with van der Waals surface area (Å²) in [6.07, 6.45) is 2.73. The van der Waals surface area contributed by atoms with Gasteiger partial charge in [0.05, 0.1) is 13.2 Å². The number of aldehydes is 1. The number of rotatable bonds is 4. The number of benzene rings is 1. The molecule has 1 heterocycles. The molecule has 0 saturated heterocycles. The van der Waals surface area contributed by atoms with Crippen molar-refractivity contribution in [1.29, 1.82) is 0 Å². The van der Waals surface area contributed by atoms with Gasteiger partial charge in [0.25, 0.3) is 0 Å². The third-order valence-corrected chi connectivity index (χ3v) is 2.70. The number of ether oxygens (including phenoxy) is 2. The minimum Gasteiger partial charge on any atom is -0.494 e. The summed E-state index contributed by atoms with van der Waals surface area (Å²) in [7, 11) is 0. The smallest absolute Gasteiger partial charge is 0.127 e. The van der Waals surface area contributed by atoms with Crippen LogP contribution in [0.2, 0.25) is 0 Å². The zero-order chi connectivity index (χ0) is 11.4. The third-order valence-electron chi connectivity index (χ3n) is 2.70. The van der Waals surface area contributed by atoms with Gasteiger partial charge in [0.15, 0.2) is 0 Å². The van der Waals surface area contributed by atoms with E-state index in [1.165, 1.54) is 0 Å². The van der Waals surface area contributed by atoms with Crippen molar-refractivity contribution in [2.24, 2.45) is 0 Å². The third kappa shape index (κ3) is 2.18. The fourth-order valence-corrected chi connectivity index (χ4v) is 1.85. The lowest BCUT2D eigenvalue weighted by Crippen LogP contribution is -2.15. The minimum atomic E-state index is -0.0473. The Kier molecular flexibility index (Phi) is 3.44. The van der Waals surface area contributed by atoms with E-state index in [9.17, 15) is 4.79 Å². The maximum Gasteiger partial charge on any atom is 0.127 e. The number of hydrogen-bond donors (Lipinski definition) is 0. The average Bonchev–Trinajstić information content (AvgIpc) is 2.35. The van der Waals surface area contributed by atoms with Crippen LogP contribution in [0.5, 0.6) is 11.5 Å². The highest BCUT2D eigenvalue weighted by Crippen LogP contribution is 2.35. The quantitative estimate of drug-likeness (QED) is 0.731. The van der Waals surface area contributed by atoms with E-state index in [1.807, 2.05) is 18.2 Å². The zero-order valence-corrected chi connectivity index (χ0v) is 9.44. The molecule has 86 valence electrons. The maximum absolute atomic E-state index is 11.0. The molecule has 0 amide bonds. The first kappa shape index (κ1) is 11.0. The van der Waals surface area contributed by atoms with Gasteiger partial charge in [0, 0.05) is 11.5 Å². The van der Waals surface area contributed by atoms with Crippen LogP contribution in [0.15, 0.2) is 18.2 Å². The van der Waals surface area contributed by atoms with Crippen molar-refractivity contribution in [1.82, 2.24) is 0 Å². The molecule has 0 aromatic heterocycles. The fraction of sp³-hybridized carbons (Fsp3) is 0.462. The second kappa shape index (κ2) is 5.01. The van der Waals surface area contributed by atoms with Gasteiger partial charge in [-0.3, -0.25) is 0 Å². The van der Waals surface area contributed by atoms with E-state index in [4.69, 9.17) is 9.47 Å². The molecule has 0 bridgehead atoms. The highest BCUT2D eigenvalue weighted by molar-refractivity contribution is 5.65. The van der Waals surface area contributed by atoms with Gasteiger partial charge in [-0.2, -0.15) is 0 Å². The summed E-state index contributed by atoms with van der Waals surface area (Å²) in [4.78, 5) is 11.0. The molecule has 1 atom stereocenters. The van der Waals surface area contributed by atoms with E-state index in [0.717, 1.165) is 36.2 Å². The summed E-state index contributed by atoms with van der Waals surface area (Å²) in [5, 5.41) is 0. The molecule has 1 aliphatic heterocycles. The summed E-state index contributed by atoms with van der Waals surface area (Å²) < 4.78 is 11.0. The van der Waals surface area contributed by atoms with Crippen molar-refractivity contribution >= 4 is 6.29 Å². The van der Waals surface area contributed by atoms with Crippen molar-refractivity contribution in [3.05, 3.63) is 23.8 Å². The van der Waals surface area contributed by atoms with Crippen LogP contribution in [0.25, 0.3) is 0 Å². The minimum absolute atomic E-state index is 0.0473. The monoisotopic (exact) mass is 220 g/mol. The lowest BCUT2D eigenvalue weighted by Gasteiger charge is -2.22. The summed E-state index contributed by atoms with van der Waals surface area (Å²) in [6, 6.07) is 5.70. The van der Waals surface area contributed by atoms with Gasteiger partial charge in [0.1, 0.15) is 17.8 Å². The van der Waals surface area contributed by atoms with Crippen molar-refractivity contribution in [2.75, 3.05) is 13.2 Å². The van der Waals surface area contributed by atoms with Gasteiger partial charge in [-0.25, -0.2) is 0 Å². The highest BCUT2D eigenvalue weighted by Gasteiger charge is 2.21. The van der Waals surface area contributed by atoms with Crippen LogP contribution in [0.3, 0.4) is 0 Å². The van der Waals surface area contributed by atoms with Crippen LogP contribution < -0.4 is 9.47 Å². The molecule has 1 aromatic carbocycles. The summed E-state index contributed by atoms with van der Waals surface area (Å²) in [5.74, 6) is 1.58. The van der Waals surface area contributed by atoms with Gasteiger partial charge >= 0.3 is 0 Å². The Labute approximate surface area is 95.4 Å². The summed E-state index contributed by atoms with van der Waals surface area (Å²) in [6.45, 7) is 3.38. The van der Waals surface area contributed by atoms with E-state index < -0.39 is 0 Å². The van der Waals surface area contributed by atoms with Crippen molar-refractivity contribution in [3.8, 4) is 11.5 Å². The van der Waals surface area contributed by atoms with Gasteiger partial charge in [-0.15, -0.1) is 0 Å². The van der Waals surface area contributed by atoms with Crippen molar-refractivity contribution in [2.45, 2.75) is 25.7 Å². The predicted octanol–water partition coefficient (Wildman–Crippen LogP) is 2.54. The van der Waals surface area contributed by atoms with E-state index in [2.05, 4.69) is 6.92 Å². The van der Waals surface area contributed by atoms with E-state index >= 15 is 0 Å². The Morgan fingerprint density at radius 2 is 2.44 bits per heavy atom. The molecule has 0 saturated carbocycles. The lowest BCUT2D eigenvalue weighted by molar-refractivity contribution is -0.109. The Bertz CT molecular complexity index is 373. The van der Waals surface area contributed by atoms with Crippen LogP contribution >= 0.6 is 0 Å². The molecule has 0 fully saturated rings. The fourth-order valence-electron chi connectivity index (χ4n) is 1.85. The molecule has 1 aromatic rings. The van der Waals surface area contributed by atoms with Gasteiger partial charge in [-0.1, -0.05) is 6.92 Å². The second-order valence-corrected chi connectivity index (χ2v) is 3.93. The first-order chi connectivity index (χ1) is 7.85. The van der Waals surface area contributed by atoms with Crippen LogP contribution in [-0.2, 0) is 4.79 Å². The molecule has 0 radical (unpaired) electrons. The first-order valence-electron chi connectivity index (χ1n) is 5.70. The second-order valence-electron chi connectivity index (χ2n) is 3.93. The van der Waals surface area contributed by atoms with Crippen LogP contribution in [0.1, 0.15) is 31.2 Å². The molecule has 3 heteroatoms. The Morgan fingerprint density at radius 3 is 3.19 bits per heavy atom. The highest BCUT2D eigenvalue weighted by atomic mass is 16.5. The normalized spacial score (nSPS) is 18.4. The Balaban J connectivity index is 2.24. The molecular formula is C13H16O3. The van der Waals surface area contributed by atoms with E-state index in [1.54, 1.807) is 0 Å². The van der Waals surface area contributed by atoms with Crippen molar-refractivity contribution in [3.63, 3.8) is 0 Å². The van der Waals surface area contributed by atoms with Crippen molar-refractivity contribution < 1.29 is 14.3 Å². The largest absolute Gasteiger partial charge is 0.494 e. The predicted molar refractivity (Wildman–Crippen MR) is 61.1 cm³/mol. The molecule has 1 unspecified atom stereocenters. The molecule has 16 heavy (non-hydrogen) atoms. The summed E-state index contributed by atoms with van der Waals surface area (Å²) in [5.41, 5.74) is 0.954. The molecule has 0 spiro atoms. The zero-order valence-electron chi connectivity index (χ0n) is 9.44. The van der Waals surface area contributed by atoms with E-state index in [-0.39, 0.29) is 5.92 Å². The molecule has 3 nitrogen and oxygen atoms in total. The first-order valence-corrected chi connectivity index (χ1v) is 5.70. The maximum atomic E-state index is 11.0. The number of carbonyl (C=O) groups excluding carboxylic acids is 1. The lowest BCUT2D eigenvalue weighted by atomic mass is 9.94. The molecule has 0 aliphatic carbocycles. The van der Waals surface area contributed by atoms with Crippen LogP contribution in [0, 0.1) is 0 Å². The Hall–Kier alpha value is -1.51. The van der Waals surface area contributed by atoms with Gasteiger partial charge in [0.2, 0.25) is 0 Å². The SMILES string of the molecule is CCCOc1ccc2c(c1)C(C=O)CCO2. The van der Waals surface area contributed by atoms with Gasteiger partial charge in [-0.05, 0) is 31.0 Å².